The van der Waals surface area contributed by atoms with Gasteiger partial charge in [0.1, 0.15) is 17.4 Å². The molecular weight excluding hydrogens is 256 g/mol. The predicted octanol–water partition coefficient (Wildman–Crippen LogP) is 2.15. The monoisotopic (exact) mass is 266 g/mol. The first-order valence-corrected chi connectivity index (χ1v) is 5.91. The predicted molar refractivity (Wildman–Crippen MR) is 74.2 cm³/mol. The van der Waals surface area contributed by atoms with Crippen LogP contribution in [0.25, 0.3) is 22.1 Å². The lowest BCUT2D eigenvalue weighted by Crippen LogP contribution is -1.93. The van der Waals surface area contributed by atoms with Crippen molar-refractivity contribution in [1.82, 2.24) is 19.9 Å². The van der Waals surface area contributed by atoms with Gasteiger partial charge >= 0.3 is 5.63 Å². The molecule has 0 amide bonds. The number of hydrogen-bond donors (Lipinski definition) is 1. The maximum absolute atomic E-state index is 10.7. The number of para-hydroxylation sites is 1. The lowest BCUT2D eigenvalue weighted by Gasteiger charge is -1.91. The van der Waals surface area contributed by atoms with Gasteiger partial charge in [0.15, 0.2) is 5.65 Å². The number of hydrogen-bond acceptors (Lipinski definition) is 5. The van der Waals surface area contributed by atoms with Gasteiger partial charge in [-0.15, -0.1) is 0 Å². The minimum absolute atomic E-state index is 0.302. The van der Waals surface area contributed by atoms with Gasteiger partial charge in [0.25, 0.3) is 0 Å². The number of rotatable bonds is 0. The van der Waals surface area contributed by atoms with Gasteiger partial charge in [0, 0.05) is 11.5 Å². The summed E-state index contributed by atoms with van der Waals surface area (Å²) >= 11 is 0. The van der Waals surface area contributed by atoms with Gasteiger partial charge in [0.2, 0.25) is 0 Å². The second-order valence-corrected chi connectivity index (χ2v) is 3.95. The Bertz CT molecular complexity index is 868. The van der Waals surface area contributed by atoms with Gasteiger partial charge in [-0.3, -0.25) is 0 Å². The Hall–Kier alpha value is -3.02. The van der Waals surface area contributed by atoms with Gasteiger partial charge in [-0.05, 0) is 12.1 Å². The van der Waals surface area contributed by atoms with Gasteiger partial charge in [0.05, 0.1) is 12.5 Å². The SMILES string of the molecule is O=c1ccc2ccccc2o1.c1ncc2[nH]cnc2n1. The summed E-state index contributed by atoms with van der Waals surface area (Å²) in [5.41, 5.74) is 1.92. The number of aromatic amines is 1. The first-order chi connectivity index (χ1) is 9.83. The van der Waals surface area contributed by atoms with E-state index in [-0.39, 0.29) is 5.63 Å². The molecule has 0 saturated heterocycles. The molecule has 1 N–H and O–H groups in total. The number of H-pyrrole nitrogens is 1. The first-order valence-electron chi connectivity index (χ1n) is 5.91. The van der Waals surface area contributed by atoms with Crippen LogP contribution < -0.4 is 5.63 Å². The second kappa shape index (κ2) is 5.31. The van der Waals surface area contributed by atoms with Crippen LogP contribution >= 0.6 is 0 Å². The molecule has 0 aliphatic carbocycles. The quantitative estimate of drug-likeness (QED) is 0.493. The average molecular weight is 266 g/mol. The Morgan fingerprint density at radius 3 is 2.85 bits per heavy atom. The van der Waals surface area contributed by atoms with E-state index in [2.05, 4.69) is 19.9 Å². The van der Waals surface area contributed by atoms with Crippen LogP contribution in [0.15, 0.2) is 64.5 Å². The molecule has 0 fully saturated rings. The Morgan fingerprint density at radius 2 is 1.95 bits per heavy atom. The summed E-state index contributed by atoms with van der Waals surface area (Å²) in [4.78, 5) is 25.2. The minimum atomic E-state index is -0.302. The van der Waals surface area contributed by atoms with Crippen LogP contribution in [0.5, 0.6) is 0 Å². The summed E-state index contributed by atoms with van der Waals surface area (Å²) < 4.78 is 4.91. The van der Waals surface area contributed by atoms with E-state index in [1.165, 1.54) is 12.4 Å². The van der Waals surface area contributed by atoms with Crippen LogP contribution in [0.2, 0.25) is 0 Å². The number of fused-ring (bicyclic) bond motifs is 2. The maximum atomic E-state index is 10.7. The van der Waals surface area contributed by atoms with E-state index in [0.29, 0.717) is 11.2 Å². The topological polar surface area (TPSA) is 84.7 Å². The van der Waals surface area contributed by atoms with Crippen LogP contribution in [-0.2, 0) is 0 Å². The zero-order valence-corrected chi connectivity index (χ0v) is 10.4. The molecule has 98 valence electrons. The minimum Gasteiger partial charge on any atom is -0.423 e. The van der Waals surface area contributed by atoms with Crippen LogP contribution in [0.4, 0.5) is 0 Å². The van der Waals surface area contributed by atoms with Crippen molar-refractivity contribution in [2.24, 2.45) is 0 Å². The molecule has 4 aromatic rings. The average Bonchev–Trinajstić information content (AvgIpc) is 2.96. The molecule has 3 heterocycles. The Kier molecular flexibility index (Phi) is 3.20. The van der Waals surface area contributed by atoms with Crippen LogP contribution in [0, 0.1) is 0 Å². The standard InChI is InChI=1S/C9H6O2.C5H4N4/c10-9-6-5-7-3-1-2-4-8(7)11-9;1-4-5(8-2-6-1)9-3-7-4/h1-6H;1-3H,(H,6,7,8,9). The third-order valence-electron chi connectivity index (χ3n) is 2.63. The van der Waals surface area contributed by atoms with Crippen LogP contribution in [0.1, 0.15) is 0 Å². The Labute approximate surface area is 113 Å². The highest BCUT2D eigenvalue weighted by Gasteiger charge is 1.92. The molecule has 6 heteroatoms. The molecule has 3 aromatic heterocycles. The summed E-state index contributed by atoms with van der Waals surface area (Å²) in [6.07, 6.45) is 4.76. The van der Waals surface area contributed by atoms with Gasteiger partial charge in [-0.2, -0.15) is 0 Å². The zero-order chi connectivity index (χ0) is 13.8. The zero-order valence-electron chi connectivity index (χ0n) is 10.4. The lowest BCUT2D eigenvalue weighted by atomic mass is 10.2. The summed E-state index contributed by atoms with van der Waals surface area (Å²) in [6.45, 7) is 0. The molecule has 0 aliphatic heterocycles. The van der Waals surface area contributed by atoms with Crippen molar-refractivity contribution in [3.63, 3.8) is 0 Å². The third kappa shape index (κ3) is 2.54. The molecule has 0 saturated carbocycles. The molecular formula is C14H10N4O2. The van der Waals surface area contributed by atoms with Crippen molar-refractivity contribution in [2.45, 2.75) is 0 Å². The lowest BCUT2D eigenvalue weighted by molar-refractivity contribution is 0.561. The number of aromatic nitrogens is 4. The Balaban J connectivity index is 0.000000123. The summed E-state index contributed by atoms with van der Waals surface area (Å²) in [7, 11) is 0. The highest BCUT2D eigenvalue weighted by atomic mass is 16.4. The molecule has 0 aliphatic rings. The van der Waals surface area contributed by atoms with Crippen molar-refractivity contribution >= 4 is 22.1 Å². The molecule has 4 rings (SSSR count). The van der Waals surface area contributed by atoms with E-state index >= 15 is 0 Å². The van der Waals surface area contributed by atoms with Gasteiger partial charge in [-0.1, -0.05) is 18.2 Å². The van der Waals surface area contributed by atoms with E-state index < -0.39 is 0 Å². The van der Waals surface area contributed by atoms with E-state index in [0.717, 1.165) is 10.9 Å². The number of nitrogens with one attached hydrogen (secondary N) is 1. The van der Waals surface area contributed by atoms with Gasteiger partial charge < -0.3 is 9.40 Å². The van der Waals surface area contributed by atoms with Crippen molar-refractivity contribution in [1.29, 1.82) is 0 Å². The van der Waals surface area contributed by atoms with Crippen molar-refractivity contribution < 1.29 is 4.42 Å². The largest absolute Gasteiger partial charge is 0.423 e. The molecule has 0 atom stereocenters. The summed E-state index contributed by atoms with van der Waals surface area (Å²) in [5, 5.41) is 0.951. The number of benzene rings is 1. The van der Waals surface area contributed by atoms with E-state index in [1.807, 2.05) is 18.2 Å². The van der Waals surface area contributed by atoms with E-state index in [9.17, 15) is 4.79 Å². The Morgan fingerprint density at radius 1 is 1.05 bits per heavy atom. The highest BCUT2D eigenvalue weighted by molar-refractivity contribution is 5.75. The molecule has 20 heavy (non-hydrogen) atoms. The smallest absolute Gasteiger partial charge is 0.336 e. The number of nitrogens with zero attached hydrogens (tertiary/aromatic N) is 3. The molecule has 0 radical (unpaired) electrons. The first kappa shape index (κ1) is 12.0. The highest BCUT2D eigenvalue weighted by Crippen LogP contribution is 2.08. The van der Waals surface area contributed by atoms with Crippen molar-refractivity contribution in [3.05, 3.63) is 65.7 Å². The fourth-order valence-corrected chi connectivity index (χ4v) is 1.70. The van der Waals surface area contributed by atoms with Gasteiger partial charge in [-0.25, -0.2) is 19.7 Å². The van der Waals surface area contributed by atoms with E-state index in [1.54, 1.807) is 24.7 Å². The third-order valence-corrected chi connectivity index (χ3v) is 2.63. The fraction of sp³-hybridized carbons (Fsp3) is 0. The van der Waals surface area contributed by atoms with Crippen molar-refractivity contribution in [3.8, 4) is 0 Å². The van der Waals surface area contributed by atoms with Crippen LogP contribution in [-0.4, -0.2) is 19.9 Å². The molecule has 1 aromatic carbocycles. The van der Waals surface area contributed by atoms with Crippen LogP contribution in [0.3, 0.4) is 0 Å². The normalized spacial score (nSPS) is 10.2. The van der Waals surface area contributed by atoms with Crippen molar-refractivity contribution in [2.75, 3.05) is 0 Å². The molecule has 0 unspecified atom stereocenters. The summed E-state index contributed by atoms with van der Waals surface area (Å²) in [6, 6.07) is 10.6. The maximum Gasteiger partial charge on any atom is 0.336 e. The molecule has 0 spiro atoms. The second-order valence-electron chi connectivity index (χ2n) is 3.95. The fourth-order valence-electron chi connectivity index (χ4n) is 1.70. The van der Waals surface area contributed by atoms with E-state index in [4.69, 9.17) is 4.42 Å². The molecule has 0 bridgehead atoms. The number of imidazole rings is 1. The molecule has 6 nitrogen and oxygen atoms in total. The summed E-state index contributed by atoms with van der Waals surface area (Å²) in [5.74, 6) is 0.